The van der Waals surface area contributed by atoms with E-state index in [1.165, 1.54) is 0 Å². The van der Waals surface area contributed by atoms with E-state index in [9.17, 15) is 9.59 Å². The summed E-state index contributed by atoms with van der Waals surface area (Å²) < 4.78 is 0. The van der Waals surface area contributed by atoms with E-state index < -0.39 is 11.9 Å². The number of aliphatic carboxylic acids is 2. The Bertz CT molecular complexity index is 1260. The summed E-state index contributed by atoms with van der Waals surface area (Å²) in [6.45, 7) is 1.86. The number of benzene rings is 2. The molecule has 3 aromatic rings. The van der Waals surface area contributed by atoms with Crippen LogP contribution in [-0.2, 0) is 9.59 Å². The summed E-state index contributed by atoms with van der Waals surface area (Å²) in [6.07, 6.45) is 3.97. The van der Waals surface area contributed by atoms with Crippen LogP contribution in [0.2, 0.25) is 5.02 Å². The van der Waals surface area contributed by atoms with Crippen LogP contribution in [0.25, 0.3) is 0 Å². The minimum absolute atomic E-state index is 0.558. The van der Waals surface area contributed by atoms with E-state index in [1.807, 2.05) is 48.7 Å². The first-order valence-corrected chi connectivity index (χ1v) is 11.6. The fourth-order valence-electron chi connectivity index (χ4n) is 3.64. The Hall–Kier alpha value is -4.01. The molecule has 0 fully saturated rings. The quantitative estimate of drug-likeness (QED) is 0.433. The van der Waals surface area contributed by atoms with Crippen molar-refractivity contribution in [2.24, 2.45) is 4.99 Å². The summed E-state index contributed by atoms with van der Waals surface area (Å²) in [5.41, 5.74) is 4.97. The van der Waals surface area contributed by atoms with E-state index in [0.717, 1.165) is 53.5 Å². The second kappa shape index (κ2) is 12.6. The van der Waals surface area contributed by atoms with Crippen molar-refractivity contribution in [3.05, 3.63) is 95.2 Å². The van der Waals surface area contributed by atoms with E-state index in [0.29, 0.717) is 17.2 Å². The molecule has 9 heteroatoms. The number of hydrogen-bond acceptors (Lipinski definition) is 6. The number of aliphatic imine (C=N–C) groups is 1. The van der Waals surface area contributed by atoms with Gasteiger partial charge in [-0.2, -0.15) is 0 Å². The average molecular weight is 507 g/mol. The van der Waals surface area contributed by atoms with Crippen molar-refractivity contribution in [1.29, 1.82) is 0 Å². The fraction of sp³-hybridized carbons (Fsp3) is 0.185. The fourth-order valence-corrected chi connectivity index (χ4v) is 3.81. The molecule has 1 aliphatic rings. The molecule has 186 valence electrons. The summed E-state index contributed by atoms with van der Waals surface area (Å²) in [4.78, 5) is 33.3. The van der Waals surface area contributed by atoms with Gasteiger partial charge >= 0.3 is 11.9 Å². The van der Waals surface area contributed by atoms with Crippen LogP contribution in [0.4, 0.5) is 17.2 Å². The molecule has 2 N–H and O–H groups in total. The molecule has 0 unspecified atom stereocenters. The Balaban J connectivity index is 0.000000392. The number of carbonyl (C=O) groups is 2. The lowest BCUT2D eigenvalue weighted by Gasteiger charge is -2.26. The van der Waals surface area contributed by atoms with Crippen molar-refractivity contribution < 1.29 is 19.8 Å². The third kappa shape index (κ3) is 7.24. The SMILES string of the molecule is CN(C)CCCN1c2ccc(Cl)cc2C(c2ccccc2)=Nc2cccnc21.O=C(O)/C=C/C(=O)O. The minimum atomic E-state index is -1.26. The molecule has 2 aromatic carbocycles. The van der Waals surface area contributed by atoms with Crippen molar-refractivity contribution in [3.63, 3.8) is 0 Å². The molecule has 0 amide bonds. The highest BCUT2D eigenvalue weighted by atomic mass is 35.5. The number of anilines is 2. The highest BCUT2D eigenvalue weighted by Crippen LogP contribution is 2.40. The van der Waals surface area contributed by atoms with Gasteiger partial charge < -0.3 is 20.0 Å². The predicted octanol–water partition coefficient (Wildman–Crippen LogP) is 5.02. The molecule has 0 saturated carbocycles. The first-order valence-electron chi connectivity index (χ1n) is 11.2. The number of carboxylic acid groups (broad SMARTS) is 2. The molecule has 2 heterocycles. The van der Waals surface area contributed by atoms with Gasteiger partial charge in [-0.05, 0) is 57.4 Å². The van der Waals surface area contributed by atoms with Crippen molar-refractivity contribution in [2.75, 3.05) is 32.1 Å². The van der Waals surface area contributed by atoms with Gasteiger partial charge in [0.2, 0.25) is 0 Å². The lowest BCUT2D eigenvalue weighted by molar-refractivity contribution is -0.134. The number of halogens is 1. The van der Waals surface area contributed by atoms with Crippen LogP contribution in [0.1, 0.15) is 17.5 Å². The Morgan fingerprint density at radius 3 is 2.33 bits per heavy atom. The molecule has 0 spiro atoms. The van der Waals surface area contributed by atoms with E-state index in [2.05, 4.69) is 47.1 Å². The zero-order valence-corrected chi connectivity index (χ0v) is 20.8. The zero-order chi connectivity index (χ0) is 26.1. The maximum Gasteiger partial charge on any atom is 0.328 e. The van der Waals surface area contributed by atoms with E-state index in [-0.39, 0.29) is 0 Å². The third-order valence-electron chi connectivity index (χ3n) is 5.16. The smallest absolute Gasteiger partial charge is 0.328 e. The van der Waals surface area contributed by atoms with Gasteiger partial charge in [0.1, 0.15) is 5.69 Å². The largest absolute Gasteiger partial charge is 0.478 e. The molecule has 0 saturated heterocycles. The molecule has 36 heavy (non-hydrogen) atoms. The standard InChI is InChI=1S/C23H23ClN4.C4H4O4/c1-27(2)14-7-15-28-21-12-11-18(24)16-19(21)22(17-8-4-3-5-9-17)26-20-10-6-13-25-23(20)28;5-3(6)1-2-4(7)8/h3-6,8-13,16H,7,14-15H2,1-2H3;1-2H,(H,5,6)(H,7,8)/b;2-1+. The molecule has 0 bridgehead atoms. The average Bonchev–Trinajstić information content (AvgIpc) is 2.98. The maximum absolute atomic E-state index is 9.55. The van der Waals surface area contributed by atoms with Gasteiger partial charge in [0.05, 0.1) is 11.4 Å². The van der Waals surface area contributed by atoms with Crippen LogP contribution in [0, 0.1) is 0 Å². The molecule has 0 radical (unpaired) electrons. The van der Waals surface area contributed by atoms with Gasteiger partial charge in [0.25, 0.3) is 0 Å². The van der Waals surface area contributed by atoms with Crippen LogP contribution < -0.4 is 4.90 Å². The van der Waals surface area contributed by atoms with Crippen LogP contribution >= 0.6 is 11.6 Å². The van der Waals surface area contributed by atoms with E-state index in [1.54, 1.807) is 0 Å². The third-order valence-corrected chi connectivity index (χ3v) is 5.40. The molecule has 1 aliphatic heterocycles. The van der Waals surface area contributed by atoms with Crippen LogP contribution in [-0.4, -0.2) is 64.9 Å². The van der Waals surface area contributed by atoms with Crippen molar-refractivity contribution in [3.8, 4) is 0 Å². The topological polar surface area (TPSA) is 106 Å². The van der Waals surface area contributed by atoms with Gasteiger partial charge in [-0.1, -0.05) is 41.9 Å². The number of rotatable bonds is 7. The summed E-state index contributed by atoms with van der Waals surface area (Å²) in [6, 6.07) is 20.2. The number of fused-ring (bicyclic) bond motifs is 2. The highest BCUT2D eigenvalue weighted by Gasteiger charge is 2.24. The number of pyridine rings is 1. The Labute approximate surface area is 214 Å². The maximum atomic E-state index is 9.55. The summed E-state index contributed by atoms with van der Waals surface area (Å²) >= 11 is 6.39. The van der Waals surface area contributed by atoms with Crippen molar-refractivity contribution in [1.82, 2.24) is 9.88 Å². The van der Waals surface area contributed by atoms with Crippen LogP contribution in [0.15, 0.2) is 84.0 Å². The lowest BCUT2D eigenvalue weighted by atomic mass is 10.00. The monoisotopic (exact) mass is 506 g/mol. The second-order valence-electron chi connectivity index (χ2n) is 8.15. The molecule has 4 rings (SSSR count). The van der Waals surface area contributed by atoms with Gasteiger partial charge in [-0.15, -0.1) is 0 Å². The predicted molar refractivity (Wildman–Crippen MR) is 142 cm³/mol. The molecular formula is C27H27ClN4O4. The van der Waals surface area contributed by atoms with E-state index in [4.69, 9.17) is 26.8 Å². The van der Waals surface area contributed by atoms with Gasteiger partial charge in [0.15, 0.2) is 5.82 Å². The second-order valence-corrected chi connectivity index (χ2v) is 8.59. The van der Waals surface area contributed by atoms with Gasteiger partial charge in [-0.3, -0.25) is 0 Å². The van der Waals surface area contributed by atoms with Crippen LogP contribution in [0.5, 0.6) is 0 Å². The summed E-state index contributed by atoms with van der Waals surface area (Å²) in [5, 5.41) is 16.3. The van der Waals surface area contributed by atoms with Gasteiger partial charge in [-0.25, -0.2) is 19.6 Å². The van der Waals surface area contributed by atoms with E-state index >= 15 is 0 Å². The summed E-state index contributed by atoms with van der Waals surface area (Å²) in [7, 11) is 4.19. The van der Waals surface area contributed by atoms with Crippen molar-refractivity contribution >= 4 is 46.4 Å². The number of nitrogens with zero attached hydrogens (tertiary/aromatic N) is 4. The zero-order valence-electron chi connectivity index (χ0n) is 20.0. The first kappa shape index (κ1) is 26.6. The molecule has 1 aromatic heterocycles. The van der Waals surface area contributed by atoms with Crippen molar-refractivity contribution in [2.45, 2.75) is 6.42 Å². The van der Waals surface area contributed by atoms with Gasteiger partial charge in [0, 0.05) is 41.0 Å². The molecule has 0 atom stereocenters. The number of aromatic nitrogens is 1. The number of carboxylic acids is 2. The molecule has 0 aliphatic carbocycles. The van der Waals surface area contributed by atoms with Crippen LogP contribution in [0.3, 0.4) is 0 Å². The number of hydrogen-bond donors (Lipinski definition) is 2. The molecule has 8 nitrogen and oxygen atoms in total. The Kier molecular flexibility index (Phi) is 9.32. The summed E-state index contributed by atoms with van der Waals surface area (Å²) in [5.74, 6) is -1.63. The lowest BCUT2D eigenvalue weighted by Crippen LogP contribution is -2.24. The minimum Gasteiger partial charge on any atom is -0.478 e. The first-order chi connectivity index (χ1) is 17.3. The normalized spacial score (nSPS) is 12.2. The highest BCUT2D eigenvalue weighted by molar-refractivity contribution is 6.31. The molecular weight excluding hydrogens is 480 g/mol. The Morgan fingerprint density at radius 2 is 1.69 bits per heavy atom. The Morgan fingerprint density at radius 1 is 1.00 bits per heavy atom.